The molecule has 0 bridgehead atoms. The highest BCUT2D eigenvalue weighted by Crippen LogP contribution is 2.57. The van der Waals surface area contributed by atoms with E-state index in [9.17, 15) is 18.0 Å². The third kappa shape index (κ3) is 5.06. The maximum absolute atomic E-state index is 13.3. The lowest BCUT2D eigenvalue weighted by Gasteiger charge is -2.37. The number of fused-ring (bicyclic) bond motifs is 2. The van der Waals surface area contributed by atoms with Gasteiger partial charge in [-0.1, -0.05) is 20.3 Å². The summed E-state index contributed by atoms with van der Waals surface area (Å²) in [5.41, 5.74) is 0.252. The highest BCUT2D eigenvalue weighted by Gasteiger charge is 2.55. The number of aliphatic hydroxyl groups is 1. The van der Waals surface area contributed by atoms with Gasteiger partial charge < -0.3 is 14.7 Å². The van der Waals surface area contributed by atoms with E-state index in [0.717, 1.165) is 51.3 Å². The Morgan fingerprint density at radius 1 is 1.30 bits per heavy atom. The van der Waals surface area contributed by atoms with Crippen molar-refractivity contribution in [2.24, 2.45) is 23.2 Å². The maximum Gasteiger partial charge on any atom is 0.417 e. The van der Waals surface area contributed by atoms with Gasteiger partial charge >= 0.3 is 6.18 Å². The van der Waals surface area contributed by atoms with Gasteiger partial charge in [-0.25, -0.2) is 0 Å². The molecule has 4 unspecified atom stereocenters. The molecule has 1 N–H and O–H groups in total. The van der Waals surface area contributed by atoms with Crippen molar-refractivity contribution in [1.82, 2.24) is 9.88 Å². The summed E-state index contributed by atoms with van der Waals surface area (Å²) in [6, 6.07) is 1.17. The molecule has 184 valence electrons. The summed E-state index contributed by atoms with van der Waals surface area (Å²) in [7, 11) is 0. The molecule has 2 aliphatic heterocycles. The number of rotatable bonds is 1. The zero-order valence-electron chi connectivity index (χ0n) is 19.5. The number of amides is 1. The molecule has 5 rings (SSSR count). The number of hydrogen-bond acceptors (Lipinski definition) is 4. The van der Waals surface area contributed by atoms with Gasteiger partial charge in [0.2, 0.25) is 5.91 Å². The summed E-state index contributed by atoms with van der Waals surface area (Å²) in [5.74, 6) is 1.62. The van der Waals surface area contributed by atoms with Gasteiger partial charge in [0.1, 0.15) is 0 Å². The Balaban J connectivity index is 0.000000275. The summed E-state index contributed by atoms with van der Waals surface area (Å²) in [4.78, 5) is 19.1. The third-order valence-corrected chi connectivity index (χ3v) is 8.10. The molecule has 0 aromatic carbocycles. The van der Waals surface area contributed by atoms with Gasteiger partial charge in [0.25, 0.3) is 0 Å². The van der Waals surface area contributed by atoms with Gasteiger partial charge in [-0.2, -0.15) is 13.2 Å². The van der Waals surface area contributed by atoms with Crippen LogP contribution in [0.1, 0.15) is 69.2 Å². The second-order valence-electron chi connectivity index (χ2n) is 10.5. The van der Waals surface area contributed by atoms with Crippen molar-refractivity contribution in [2.45, 2.75) is 77.6 Å². The Morgan fingerprint density at radius 2 is 2.09 bits per heavy atom. The molecule has 33 heavy (non-hydrogen) atoms. The maximum atomic E-state index is 13.3. The van der Waals surface area contributed by atoms with Crippen molar-refractivity contribution in [3.63, 3.8) is 0 Å². The number of halogens is 3. The SMILES string of the molecule is CC1CC2CCCC2(C(=O)N2CCc3ncc(C(F)(F)F)cc3C2)C1.CC1CCOC[C@@H]1O. The van der Waals surface area contributed by atoms with Crippen LogP contribution in [0.5, 0.6) is 0 Å². The second-order valence-corrected chi connectivity index (χ2v) is 10.5. The molecule has 0 radical (unpaired) electrons. The molecule has 2 saturated carbocycles. The first kappa shape index (κ1) is 24.5. The number of pyridine rings is 1. The highest BCUT2D eigenvalue weighted by atomic mass is 19.4. The fourth-order valence-electron chi connectivity index (χ4n) is 6.22. The molecule has 5 nitrogen and oxygen atoms in total. The molecular weight excluding hydrogens is 433 g/mol. The third-order valence-electron chi connectivity index (χ3n) is 8.10. The molecule has 3 heterocycles. The lowest BCUT2D eigenvalue weighted by atomic mass is 9.78. The molecule has 3 fully saturated rings. The predicted molar refractivity (Wildman–Crippen MR) is 117 cm³/mol. The number of alkyl halides is 3. The van der Waals surface area contributed by atoms with Crippen LogP contribution >= 0.6 is 0 Å². The first-order valence-electron chi connectivity index (χ1n) is 12.2. The molecular formula is C25H35F3N2O3. The van der Waals surface area contributed by atoms with Crippen LogP contribution in [0.25, 0.3) is 0 Å². The number of nitrogens with zero attached hydrogens (tertiary/aromatic N) is 2. The molecule has 2 aliphatic carbocycles. The van der Waals surface area contributed by atoms with E-state index in [1.165, 1.54) is 6.07 Å². The van der Waals surface area contributed by atoms with Crippen molar-refractivity contribution in [2.75, 3.05) is 19.8 Å². The van der Waals surface area contributed by atoms with Crippen LogP contribution in [-0.2, 0) is 28.7 Å². The topological polar surface area (TPSA) is 62.7 Å². The normalized spacial score (nSPS) is 33.7. The van der Waals surface area contributed by atoms with Crippen LogP contribution in [0.3, 0.4) is 0 Å². The minimum Gasteiger partial charge on any atom is -0.390 e. The van der Waals surface area contributed by atoms with E-state index in [1.807, 2.05) is 6.92 Å². The van der Waals surface area contributed by atoms with Crippen LogP contribution in [0.15, 0.2) is 12.3 Å². The zero-order chi connectivity index (χ0) is 23.8. The smallest absolute Gasteiger partial charge is 0.390 e. The van der Waals surface area contributed by atoms with Gasteiger partial charge in [-0.3, -0.25) is 9.78 Å². The minimum absolute atomic E-state index is 0.169. The predicted octanol–water partition coefficient (Wildman–Crippen LogP) is 4.61. The summed E-state index contributed by atoms with van der Waals surface area (Å²) >= 11 is 0. The summed E-state index contributed by atoms with van der Waals surface area (Å²) < 4.78 is 43.9. The molecule has 1 amide bonds. The highest BCUT2D eigenvalue weighted by molar-refractivity contribution is 5.84. The number of carbonyl (C=O) groups excluding carboxylic acids is 1. The minimum atomic E-state index is -4.40. The van der Waals surface area contributed by atoms with E-state index in [4.69, 9.17) is 9.84 Å². The number of carbonyl (C=O) groups is 1. The van der Waals surface area contributed by atoms with Crippen molar-refractivity contribution >= 4 is 5.91 Å². The molecule has 1 aromatic heterocycles. The number of ether oxygens (including phenoxy) is 1. The average Bonchev–Trinajstić information content (AvgIpc) is 3.31. The van der Waals surface area contributed by atoms with Gasteiger partial charge in [0.15, 0.2) is 0 Å². The fourth-order valence-corrected chi connectivity index (χ4v) is 6.22. The number of hydrogen-bond donors (Lipinski definition) is 1. The van der Waals surface area contributed by atoms with Crippen LogP contribution in [0, 0.1) is 23.2 Å². The van der Waals surface area contributed by atoms with Crippen LogP contribution in [0.4, 0.5) is 13.2 Å². The number of aliphatic hydroxyl groups excluding tert-OH is 1. The Bertz CT molecular complexity index is 852. The molecule has 1 aromatic rings. The first-order chi connectivity index (χ1) is 15.6. The summed E-state index contributed by atoms with van der Waals surface area (Å²) in [6.07, 6.45) is 3.00. The lowest BCUT2D eigenvalue weighted by molar-refractivity contribution is -0.144. The Morgan fingerprint density at radius 3 is 2.76 bits per heavy atom. The largest absolute Gasteiger partial charge is 0.417 e. The quantitative estimate of drug-likeness (QED) is 0.654. The van der Waals surface area contributed by atoms with Crippen molar-refractivity contribution < 1.29 is 27.8 Å². The second kappa shape index (κ2) is 9.53. The molecule has 8 heteroatoms. The van der Waals surface area contributed by atoms with Crippen molar-refractivity contribution in [1.29, 1.82) is 0 Å². The Hall–Kier alpha value is -1.67. The van der Waals surface area contributed by atoms with Gasteiger partial charge in [-0.05, 0) is 61.5 Å². The zero-order valence-corrected chi connectivity index (χ0v) is 19.5. The Kier molecular flexibility index (Phi) is 7.06. The monoisotopic (exact) mass is 468 g/mol. The fraction of sp³-hybridized carbons (Fsp3) is 0.760. The molecule has 1 saturated heterocycles. The van der Waals surface area contributed by atoms with E-state index in [2.05, 4.69) is 11.9 Å². The van der Waals surface area contributed by atoms with E-state index in [-0.39, 0.29) is 24.0 Å². The van der Waals surface area contributed by atoms with E-state index in [1.54, 1.807) is 4.90 Å². The number of aromatic nitrogens is 1. The van der Waals surface area contributed by atoms with Crippen LogP contribution < -0.4 is 0 Å². The van der Waals surface area contributed by atoms with Gasteiger partial charge in [0.05, 0.1) is 23.7 Å². The molecule has 0 spiro atoms. The standard InChI is InChI=1S/C19H23F3N2O.C6H12O2/c1-12-7-14-3-2-5-18(14,9-12)17(25)24-6-4-16-13(11-24)8-15(10-23-16)19(20,21)22;1-5-2-3-8-4-6(5)7/h8,10,12,14H,2-7,9,11H2,1H3;5-7H,2-4H2,1H3/t;5?,6-/m.0/s1. The summed E-state index contributed by atoms with van der Waals surface area (Å²) in [6.45, 7) is 6.42. The van der Waals surface area contributed by atoms with Gasteiger partial charge in [-0.15, -0.1) is 0 Å². The van der Waals surface area contributed by atoms with Crippen molar-refractivity contribution in [3.8, 4) is 0 Å². The molecule has 4 aliphatic rings. The van der Waals surface area contributed by atoms with E-state index in [0.29, 0.717) is 48.6 Å². The van der Waals surface area contributed by atoms with E-state index < -0.39 is 11.7 Å². The average molecular weight is 469 g/mol. The van der Waals surface area contributed by atoms with Crippen LogP contribution in [0.2, 0.25) is 0 Å². The Labute approximate surface area is 193 Å². The van der Waals surface area contributed by atoms with Gasteiger partial charge in [0, 0.05) is 38.0 Å². The van der Waals surface area contributed by atoms with Crippen LogP contribution in [-0.4, -0.2) is 46.8 Å². The molecule has 5 atom stereocenters. The van der Waals surface area contributed by atoms with E-state index >= 15 is 0 Å². The summed E-state index contributed by atoms with van der Waals surface area (Å²) in [5, 5.41) is 9.05. The van der Waals surface area contributed by atoms with Crippen molar-refractivity contribution in [3.05, 3.63) is 29.1 Å². The first-order valence-corrected chi connectivity index (χ1v) is 12.2. The lowest BCUT2D eigenvalue weighted by Crippen LogP contribution is -2.46.